The van der Waals surface area contributed by atoms with Crippen molar-refractivity contribution in [2.24, 2.45) is 5.92 Å². The maximum absolute atomic E-state index is 11.1. The van der Waals surface area contributed by atoms with E-state index in [4.69, 9.17) is 0 Å². The molecule has 0 saturated heterocycles. The van der Waals surface area contributed by atoms with Gasteiger partial charge in [0, 0.05) is 6.54 Å². The zero-order chi connectivity index (χ0) is 9.56. The Balaban J connectivity index is 3.63. The third-order valence-corrected chi connectivity index (χ3v) is 1.40. The standard InChI is InChI=1S/C8H16N2O2/c1-6(2)4-9-8(12)7(3)10-5-11/h5-7H,4H2,1-3H3,(H,9,12)(H,10,11). The Kier molecular flexibility index (Phi) is 5.08. The van der Waals surface area contributed by atoms with Gasteiger partial charge in [-0.15, -0.1) is 0 Å². The molecule has 0 aromatic heterocycles. The summed E-state index contributed by atoms with van der Waals surface area (Å²) in [5, 5.41) is 5.08. The molecule has 0 aromatic carbocycles. The summed E-state index contributed by atoms with van der Waals surface area (Å²) in [5.41, 5.74) is 0. The molecule has 0 aliphatic heterocycles. The number of carbonyl (C=O) groups is 2. The van der Waals surface area contributed by atoms with E-state index in [2.05, 4.69) is 10.6 Å². The first kappa shape index (κ1) is 10.9. The first-order chi connectivity index (χ1) is 5.57. The predicted molar refractivity (Wildman–Crippen MR) is 46.5 cm³/mol. The average molecular weight is 172 g/mol. The lowest BCUT2D eigenvalue weighted by Crippen LogP contribution is -2.42. The molecular formula is C8H16N2O2. The van der Waals surface area contributed by atoms with E-state index >= 15 is 0 Å². The lowest BCUT2D eigenvalue weighted by atomic mass is 10.2. The van der Waals surface area contributed by atoms with E-state index in [1.165, 1.54) is 0 Å². The van der Waals surface area contributed by atoms with Crippen molar-refractivity contribution in [3.63, 3.8) is 0 Å². The van der Waals surface area contributed by atoms with Gasteiger partial charge in [-0.25, -0.2) is 0 Å². The third kappa shape index (κ3) is 4.71. The fourth-order valence-electron chi connectivity index (χ4n) is 0.636. The molecule has 0 heterocycles. The van der Waals surface area contributed by atoms with Gasteiger partial charge in [0.05, 0.1) is 0 Å². The molecule has 0 saturated carbocycles. The molecule has 0 rings (SSSR count). The monoisotopic (exact) mass is 172 g/mol. The highest BCUT2D eigenvalue weighted by atomic mass is 16.2. The summed E-state index contributed by atoms with van der Waals surface area (Å²) in [4.78, 5) is 21.1. The maximum Gasteiger partial charge on any atom is 0.242 e. The SMILES string of the molecule is CC(C)CNC(=O)C(C)NC=O. The molecule has 2 N–H and O–H groups in total. The van der Waals surface area contributed by atoms with Crippen molar-refractivity contribution in [2.45, 2.75) is 26.8 Å². The van der Waals surface area contributed by atoms with Gasteiger partial charge in [0.25, 0.3) is 0 Å². The van der Waals surface area contributed by atoms with E-state index in [9.17, 15) is 9.59 Å². The molecule has 0 aromatic rings. The highest BCUT2D eigenvalue weighted by molar-refractivity contribution is 5.83. The second kappa shape index (κ2) is 5.57. The van der Waals surface area contributed by atoms with Crippen LogP contribution in [0.1, 0.15) is 20.8 Å². The van der Waals surface area contributed by atoms with Crippen molar-refractivity contribution >= 4 is 12.3 Å². The van der Waals surface area contributed by atoms with E-state index in [1.54, 1.807) is 6.92 Å². The van der Waals surface area contributed by atoms with Crippen LogP contribution >= 0.6 is 0 Å². The van der Waals surface area contributed by atoms with Crippen LogP contribution in [0.4, 0.5) is 0 Å². The second-order valence-electron chi connectivity index (χ2n) is 3.15. The first-order valence-corrected chi connectivity index (χ1v) is 4.05. The molecule has 4 nitrogen and oxygen atoms in total. The van der Waals surface area contributed by atoms with Crippen LogP contribution in [0.25, 0.3) is 0 Å². The number of amides is 2. The number of carbonyl (C=O) groups excluding carboxylic acids is 2. The molecule has 2 amide bonds. The zero-order valence-electron chi connectivity index (χ0n) is 7.76. The van der Waals surface area contributed by atoms with Gasteiger partial charge in [-0.05, 0) is 12.8 Å². The van der Waals surface area contributed by atoms with Crippen LogP contribution in [0.15, 0.2) is 0 Å². The highest BCUT2D eigenvalue weighted by Crippen LogP contribution is 1.88. The Morgan fingerprint density at radius 3 is 2.42 bits per heavy atom. The Bertz CT molecular complexity index is 157. The van der Waals surface area contributed by atoms with E-state index in [1.807, 2.05) is 13.8 Å². The average Bonchev–Trinajstić information content (AvgIpc) is 2.00. The molecule has 70 valence electrons. The summed E-state index contributed by atoms with van der Waals surface area (Å²) in [6.07, 6.45) is 0.527. The van der Waals surface area contributed by atoms with Gasteiger partial charge < -0.3 is 10.6 Å². The molecule has 0 fully saturated rings. The summed E-state index contributed by atoms with van der Waals surface area (Å²) in [5.74, 6) is 0.285. The Morgan fingerprint density at radius 2 is 2.00 bits per heavy atom. The van der Waals surface area contributed by atoms with Gasteiger partial charge in [0.2, 0.25) is 12.3 Å². The van der Waals surface area contributed by atoms with Gasteiger partial charge in [-0.3, -0.25) is 9.59 Å². The minimum absolute atomic E-state index is 0.143. The van der Waals surface area contributed by atoms with Crippen LogP contribution in [-0.2, 0) is 9.59 Å². The number of nitrogens with one attached hydrogen (secondary N) is 2. The fraction of sp³-hybridized carbons (Fsp3) is 0.750. The number of hydrogen-bond acceptors (Lipinski definition) is 2. The Hall–Kier alpha value is -1.06. The second-order valence-corrected chi connectivity index (χ2v) is 3.15. The van der Waals surface area contributed by atoms with Crippen molar-refractivity contribution in [2.75, 3.05) is 6.54 Å². The molecule has 0 radical (unpaired) electrons. The van der Waals surface area contributed by atoms with E-state index in [0.717, 1.165) is 0 Å². The van der Waals surface area contributed by atoms with Crippen LogP contribution in [-0.4, -0.2) is 24.9 Å². The van der Waals surface area contributed by atoms with Crippen molar-refractivity contribution in [3.8, 4) is 0 Å². The molecule has 0 aliphatic rings. The molecule has 4 heteroatoms. The van der Waals surface area contributed by atoms with Crippen LogP contribution in [0, 0.1) is 5.92 Å². The topological polar surface area (TPSA) is 58.2 Å². The molecule has 1 atom stereocenters. The summed E-state index contributed by atoms with van der Waals surface area (Å²) in [7, 11) is 0. The normalized spacial score (nSPS) is 12.3. The minimum atomic E-state index is -0.443. The molecular weight excluding hydrogens is 156 g/mol. The highest BCUT2D eigenvalue weighted by Gasteiger charge is 2.10. The van der Waals surface area contributed by atoms with Gasteiger partial charge in [-0.1, -0.05) is 13.8 Å². The van der Waals surface area contributed by atoms with Gasteiger partial charge in [0.15, 0.2) is 0 Å². The number of hydrogen-bond donors (Lipinski definition) is 2. The molecule has 12 heavy (non-hydrogen) atoms. The summed E-state index contributed by atoms with van der Waals surface area (Å²) in [6.45, 7) is 6.31. The quantitative estimate of drug-likeness (QED) is 0.569. The van der Waals surface area contributed by atoms with Gasteiger partial charge >= 0.3 is 0 Å². The Labute approximate surface area is 72.7 Å². The largest absolute Gasteiger partial charge is 0.354 e. The molecule has 0 aliphatic carbocycles. The van der Waals surface area contributed by atoms with Crippen molar-refractivity contribution in [3.05, 3.63) is 0 Å². The molecule has 0 bridgehead atoms. The smallest absolute Gasteiger partial charge is 0.242 e. The van der Waals surface area contributed by atoms with Gasteiger partial charge in [-0.2, -0.15) is 0 Å². The van der Waals surface area contributed by atoms with Crippen molar-refractivity contribution < 1.29 is 9.59 Å². The number of rotatable bonds is 5. The van der Waals surface area contributed by atoms with Crippen molar-refractivity contribution in [1.82, 2.24) is 10.6 Å². The van der Waals surface area contributed by atoms with Crippen LogP contribution in [0.5, 0.6) is 0 Å². The fourth-order valence-corrected chi connectivity index (χ4v) is 0.636. The summed E-state index contributed by atoms with van der Waals surface area (Å²) < 4.78 is 0. The van der Waals surface area contributed by atoms with Crippen LogP contribution in [0.3, 0.4) is 0 Å². The lowest BCUT2D eigenvalue weighted by molar-refractivity contribution is -0.125. The summed E-state index contributed by atoms with van der Waals surface area (Å²) in [6, 6.07) is -0.443. The van der Waals surface area contributed by atoms with E-state index in [-0.39, 0.29) is 5.91 Å². The summed E-state index contributed by atoms with van der Waals surface area (Å²) >= 11 is 0. The van der Waals surface area contributed by atoms with Crippen LogP contribution in [0.2, 0.25) is 0 Å². The van der Waals surface area contributed by atoms with Crippen molar-refractivity contribution in [1.29, 1.82) is 0 Å². The van der Waals surface area contributed by atoms with E-state index < -0.39 is 6.04 Å². The van der Waals surface area contributed by atoms with E-state index in [0.29, 0.717) is 18.9 Å². The molecule has 1 unspecified atom stereocenters. The zero-order valence-corrected chi connectivity index (χ0v) is 7.76. The Morgan fingerprint density at radius 1 is 1.42 bits per heavy atom. The van der Waals surface area contributed by atoms with Crippen LogP contribution < -0.4 is 10.6 Å². The predicted octanol–water partition coefficient (Wildman–Crippen LogP) is -0.107. The molecule has 0 spiro atoms. The first-order valence-electron chi connectivity index (χ1n) is 4.05. The lowest BCUT2D eigenvalue weighted by Gasteiger charge is -2.12. The minimum Gasteiger partial charge on any atom is -0.354 e. The maximum atomic E-state index is 11.1. The third-order valence-electron chi connectivity index (χ3n) is 1.40. The van der Waals surface area contributed by atoms with Gasteiger partial charge in [0.1, 0.15) is 6.04 Å².